The summed E-state index contributed by atoms with van der Waals surface area (Å²) in [7, 11) is 0. The van der Waals surface area contributed by atoms with Gasteiger partial charge in [0, 0.05) is 27.0 Å². The molecule has 0 aromatic heterocycles. The topological polar surface area (TPSA) is 66.4 Å². The molecule has 28 heavy (non-hydrogen) atoms. The molecule has 0 aliphatic carbocycles. The van der Waals surface area contributed by atoms with Gasteiger partial charge in [0.1, 0.15) is 0 Å². The molecule has 4 nitrogen and oxygen atoms in total. The fourth-order valence-electron chi connectivity index (χ4n) is 2.84. The van der Waals surface area contributed by atoms with Gasteiger partial charge in [-0.3, -0.25) is 4.79 Å². The summed E-state index contributed by atoms with van der Waals surface area (Å²) in [5.74, 6) is -1.39. The molecular formula is C22H17BrClNO3. The molecule has 0 radical (unpaired) electrons. The van der Waals surface area contributed by atoms with Gasteiger partial charge in [-0.15, -0.1) is 0 Å². The minimum absolute atomic E-state index is 0.0640. The van der Waals surface area contributed by atoms with Gasteiger partial charge in [-0.2, -0.15) is 0 Å². The fourth-order valence-corrected chi connectivity index (χ4v) is 3.59. The maximum Gasteiger partial charge on any atom is 0.335 e. The second-order valence-corrected chi connectivity index (χ2v) is 7.77. The fraction of sp³-hybridized carbons (Fsp3) is 0.0909. The van der Waals surface area contributed by atoms with Gasteiger partial charge in [-0.25, -0.2) is 4.79 Å². The van der Waals surface area contributed by atoms with Crippen molar-refractivity contribution in [1.29, 1.82) is 0 Å². The van der Waals surface area contributed by atoms with E-state index in [1.54, 1.807) is 31.2 Å². The van der Waals surface area contributed by atoms with Crippen LogP contribution in [0.4, 0.5) is 11.4 Å². The quantitative estimate of drug-likeness (QED) is 0.435. The van der Waals surface area contributed by atoms with E-state index < -0.39 is 5.97 Å². The molecule has 0 saturated carbocycles. The summed E-state index contributed by atoms with van der Waals surface area (Å²) in [6.07, 6.45) is 0. The maximum atomic E-state index is 12.9. The Morgan fingerprint density at radius 3 is 2.32 bits per heavy atom. The van der Waals surface area contributed by atoms with Gasteiger partial charge in [0.2, 0.25) is 0 Å². The van der Waals surface area contributed by atoms with E-state index in [4.69, 9.17) is 11.6 Å². The molecule has 0 bridgehead atoms. The highest BCUT2D eigenvalue weighted by Crippen LogP contribution is 2.29. The minimum atomic E-state index is -1.08. The molecule has 6 heteroatoms. The number of aromatic carboxylic acids is 1. The number of carboxylic acid groups (broad SMARTS) is 1. The van der Waals surface area contributed by atoms with Crippen LogP contribution in [0, 0.1) is 13.8 Å². The molecule has 3 rings (SSSR count). The van der Waals surface area contributed by atoms with Gasteiger partial charge >= 0.3 is 5.97 Å². The summed E-state index contributed by atoms with van der Waals surface area (Å²) in [6, 6.07) is 15.5. The SMILES string of the molecule is Cc1cc(Br)ccc1Nc1ccc(C(=O)c2cc(C(=O)O)ccc2C)c(Cl)c1. The molecule has 0 saturated heterocycles. The Morgan fingerprint density at radius 1 is 0.929 bits per heavy atom. The highest BCUT2D eigenvalue weighted by molar-refractivity contribution is 9.10. The molecule has 3 aromatic carbocycles. The first-order valence-electron chi connectivity index (χ1n) is 8.47. The van der Waals surface area contributed by atoms with Gasteiger partial charge < -0.3 is 10.4 Å². The van der Waals surface area contributed by atoms with Crippen molar-refractivity contribution in [1.82, 2.24) is 0 Å². The zero-order valence-electron chi connectivity index (χ0n) is 15.2. The van der Waals surface area contributed by atoms with E-state index >= 15 is 0 Å². The lowest BCUT2D eigenvalue weighted by Gasteiger charge is -2.12. The van der Waals surface area contributed by atoms with Crippen molar-refractivity contribution in [3.63, 3.8) is 0 Å². The molecule has 2 N–H and O–H groups in total. The lowest BCUT2D eigenvalue weighted by atomic mass is 9.96. The predicted molar refractivity (Wildman–Crippen MR) is 115 cm³/mol. The summed E-state index contributed by atoms with van der Waals surface area (Å²) < 4.78 is 0.994. The number of carbonyl (C=O) groups is 2. The average Bonchev–Trinajstić information content (AvgIpc) is 2.64. The zero-order valence-corrected chi connectivity index (χ0v) is 17.6. The third-order valence-corrected chi connectivity index (χ3v) is 5.22. The highest BCUT2D eigenvalue weighted by Gasteiger charge is 2.17. The Morgan fingerprint density at radius 2 is 1.68 bits per heavy atom. The first-order valence-corrected chi connectivity index (χ1v) is 9.64. The molecule has 0 aliphatic rings. The van der Waals surface area contributed by atoms with Crippen molar-refractivity contribution in [2.75, 3.05) is 5.32 Å². The van der Waals surface area contributed by atoms with Crippen molar-refractivity contribution in [3.8, 4) is 0 Å². The average molecular weight is 459 g/mol. The first-order chi connectivity index (χ1) is 13.3. The van der Waals surface area contributed by atoms with Crippen LogP contribution in [0.15, 0.2) is 59.1 Å². The van der Waals surface area contributed by atoms with E-state index in [-0.39, 0.29) is 11.3 Å². The molecule has 0 fully saturated rings. The number of anilines is 2. The van der Waals surface area contributed by atoms with E-state index in [0.717, 1.165) is 21.4 Å². The third-order valence-electron chi connectivity index (χ3n) is 4.41. The van der Waals surface area contributed by atoms with Gasteiger partial charge in [0.15, 0.2) is 5.78 Å². The molecule has 0 aliphatic heterocycles. The van der Waals surface area contributed by atoms with Crippen molar-refractivity contribution in [2.24, 2.45) is 0 Å². The maximum absolute atomic E-state index is 12.9. The smallest absolute Gasteiger partial charge is 0.335 e. The van der Waals surface area contributed by atoms with E-state index in [2.05, 4.69) is 21.2 Å². The minimum Gasteiger partial charge on any atom is -0.478 e. The number of halogens is 2. The van der Waals surface area contributed by atoms with Crippen molar-refractivity contribution in [3.05, 3.63) is 91.9 Å². The first kappa shape index (κ1) is 20.1. The summed E-state index contributed by atoms with van der Waals surface area (Å²) in [4.78, 5) is 24.1. The van der Waals surface area contributed by atoms with E-state index in [0.29, 0.717) is 21.7 Å². The number of aryl methyl sites for hydroxylation is 2. The summed E-state index contributed by atoms with van der Waals surface area (Å²) in [5, 5.41) is 12.8. The number of nitrogens with one attached hydrogen (secondary N) is 1. The molecule has 0 amide bonds. The molecule has 0 spiro atoms. The largest absolute Gasteiger partial charge is 0.478 e. The zero-order chi connectivity index (χ0) is 20.4. The van der Waals surface area contributed by atoms with Crippen molar-refractivity contribution >= 4 is 50.7 Å². The Labute approximate surface area is 176 Å². The summed E-state index contributed by atoms with van der Waals surface area (Å²) >= 11 is 9.81. The number of rotatable bonds is 5. The Hall–Kier alpha value is -2.63. The summed E-state index contributed by atoms with van der Waals surface area (Å²) in [5.41, 5.74) is 4.16. The standard InChI is InChI=1S/C22H17BrClNO3/c1-12-3-4-14(22(27)28)10-18(12)21(26)17-7-6-16(11-19(17)24)25-20-8-5-15(23)9-13(20)2/h3-11,25H,1-2H3,(H,27,28). The van der Waals surface area contributed by atoms with Crippen LogP contribution in [0.3, 0.4) is 0 Å². The second kappa shape index (κ2) is 8.17. The second-order valence-electron chi connectivity index (χ2n) is 6.44. The number of carbonyl (C=O) groups excluding carboxylic acids is 1. The number of hydrogen-bond acceptors (Lipinski definition) is 3. The Balaban J connectivity index is 1.91. The van der Waals surface area contributed by atoms with Crippen molar-refractivity contribution in [2.45, 2.75) is 13.8 Å². The molecule has 0 unspecified atom stereocenters. The third kappa shape index (κ3) is 4.26. The van der Waals surface area contributed by atoms with Crippen LogP contribution in [0.5, 0.6) is 0 Å². The van der Waals surface area contributed by atoms with Crippen LogP contribution >= 0.6 is 27.5 Å². The van der Waals surface area contributed by atoms with Crippen LogP contribution in [-0.4, -0.2) is 16.9 Å². The predicted octanol–water partition coefficient (Wildman–Crippen LogP) is 6.39. The Kier molecular flexibility index (Phi) is 5.87. The van der Waals surface area contributed by atoms with Crippen LogP contribution in [0.2, 0.25) is 5.02 Å². The number of benzene rings is 3. The molecule has 0 heterocycles. The van der Waals surface area contributed by atoms with Crippen LogP contribution in [0.1, 0.15) is 37.4 Å². The van der Waals surface area contributed by atoms with Gasteiger partial charge in [0.25, 0.3) is 0 Å². The van der Waals surface area contributed by atoms with E-state index in [1.807, 2.05) is 25.1 Å². The monoisotopic (exact) mass is 457 g/mol. The number of ketones is 1. The number of hydrogen-bond donors (Lipinski definition) is 2. The number of carboxylic acids is 1. The molecule has 3 aromatic rings. The van der Waals surface area contributed by atoms with Gasteiger partial charge in [-0.05, 0) is 73.5 Å². The molecular weight excluding hydrogens is 442 g/mol. The highest BCUT2D eigenvalue weighted by atomic mass is 79.9. The van der Waals surface area contributed by atoms with Crippen LogP contribution in [-0.2, 0) is 0 Å². The molecule has 0 atom stereocenters. The molecule has 142 valence electrons. The van der Waals surface area contributed by atoms with Crippen LogP contribution < -0.4 is 5.32 Å². The van der Waals surface area contributed by atoms with Crippen molar-refractivity contribution < 1.29 is 14.7 Å². The van der Waals surface area contributed by atoms with E-state index in [9.17, 15) is 14.7 Å². The normalized spacial score (nSPS) is 10.6. The lowest BCUT2D eigenvalue weighted by molar-refractivity contribution is 0.0697. The lowest BCUT2D eigenvalue weighted by Crippen LogP contribution is -2.07. The van der Waals surface area contributed by atoms with E-state index in [1.165, 1.54) is 12.1 Å². The van der Waals surface area contributed by atoms with Crippen LogP contribution in [0.25, 0.3) is 0 Å². The van der Waals surface area contributed by atoms with Gasteiger partial charge in [0.05, 0.1) is 10.6 Å². The Bertz CT molecular complexity index is 1100. The van der Waals surface area contributed by atoms with Gasteiger partial charge in [-0.1, -0.05) is 33.6 Å². The summed E-state index contributed by atoms with van der Waals surface area (Å²) in [6.45, 7) is 3.75.